The number of benzene rings is 4. The molecule has 0 unspecified atom stereocenters. The number of unbranched alkanes of at least 4 members (excludes halogenated alkanes) is 5. The van der Waals surface area contributed by atoms with Gasteiger partial charge in [0.2, 0.25) is 0 Å². The molecule has 2 aromatic heterocycles. The van der Waals surface area contributed by atoms with E-state index in [4.69, 9.17) is 32.3 Å². The first kappa shape index (κ1) is 28.9. The van der Waals surface area contributed by atoms with Crippen LogP contribution in [0.2, 0.25) is 0 Å². The first-order chi connectivity index (χ1) is 21.5. The molecule has 0 aliphatic carbocycles. The molecule has 0 saturated heterocycles. The Bertz CT molecular complexity index is 1780. The molecule has 0 saturated carbocycles. The molecule has 4 aromatic carbocycles. The summed E-state index contributed by atoms with van der Waals surface area (Å²) in [5.41, 5.74) is 21.5. The van der Waals surface area contributed by atoms with Gasteiger partial charge in [-0.3, -0.25) is 10.8 Å². The number of fused-ring (bicyclic) bond motifs is 2. The fourth-order valence-electron chi connectivity index (χ4n) is 6.07. The van der Waals surface area contributed by atoms with Crippen LogP contribution in [0.25, 0.3) is 44.8 Å². The summed E-state index contributed by atoms with van der Waals surface area (Å²) in [5, 5.41) is 16.3. The molecule has 0 amide bonds. The van der Waals surface area contributed by atoms with Gasteiger partial charge < -0.3 is 21.4 Å². The van der Waals surface area contributed by atoms with Gasteiger partial charge >= 0.3 is 0 Å². The molecule has 222 valence electrons. The summed E-state index contributed by atoms with van der Waals surface area (Å²) < 4.78 is 0. The maximum Gasteiger partial charge on any atom is 0.138 e. The van der Waals surface area contributed by atoms with Gasteiger partial charge in [0, 0.05) is 22.3 Å². The van der Waals surface area contributed by atoms with Gasteiger partial charge in [0.05, 0.1) is 22.1 Å². The summed E-state index contributed by atoms with van der Waals surface area (Å²) in [6.07, 6.45) is 8.19. The third-order valence-corrected chi connectivity index (χ3v) is 8.31. The van der Waals surface area contributed by atoms with Gasteiger partial charge in [-0.05, 0) is 61.1 Å². The molecule has 2 heterocycles. The fourth-order valence-corrected chi connectivity index (χ4v) is 6.07. The van der Waals surface area contributed by atoms with E-state index in [-0.39, 0.29) is 11.7 Å². The van der Waals surface area contributed by atoms with E-state index in [2.05, 4.69) is 9.97 Å². The van der Waals surface area contributed by atoms with Crippen LogP contribution in [0.3, 0.4) is 0 Å². The maximum atomic E-state index is 8.14. The van der Waals surface area contributed by atoms with Crippen molar-refractivity contribution in [2.75, 3.05) is 0 Å². The zero-order valence-electron chi connectivity index (χ0n) is 24.8. The van der Waals surface area contributed by atoms with Crippen LogP contribution in [0.5, 0.6) is 0 Å². The molecule has 0 aliphatic heterocycles. The molecule has 0 fully saturated rings. The maximum absolute atomic E-state index is 8.14. The lowest BCUT2D eigenvalue weighted by Gasteiger charge is -2.10. The van der Waals surface area contributed by atoms with Crippen LogP contribution >= 0.6 is 0 Å². The lowest BCUT2D eigenvalue weighted by Crippen LogP contribution is -2.14. The van der Waals surface area contributed by atoms with Crippen molar-refractivity contribution in [1.29, 1.82) is 10.8 Å². The van der Waals surface area contributed by atoms with E-state index in [1.165, 1.54) is 0 Å². The topological polar surface area (TPSA) is 157 Å². The van der Waals surface area contributed by atoms with Crippen LogP contribution < -0.4 is 11.5 Å². The van der Waals surface area contributed by atoms with Gasteiger partial charge in [0.25, 0.3) is 0 Å². The van der Waals surface area contributed by atoms with Gasteiger partial charge in [-0.1, -0.05) is 86.3 Å². The molecule has 0 aliphatic rings. The number of hydrogen-bond acceptors (Lipinski definition) is 4. The summed E-state index contributed by atoms with van der Waals surface area (Å²) >= 11 is 0. The molecule has 8 nitrogen and oxygen atoms in total. The molecular formula is C36H38N8. The Hall–Kier alpha value is -5.24. The van der Waals surface area contributed by atoms with Crippen molar-refractivity contribution in [3.63, 3.8) is 0 Å². The number of nitrogens with one attached hydrogen (secondary N) is 4. The van der Waals surface area contributed by atoms with E-state index in [0.717, 1.165) is 118 Å². The van der Waals surface area contributed by atoms with Crippen molar-refractivity contribution >= 4 is 33.7 Å². The minimum absolute atomic E-state index is 0.0888. The highest BCUT2D eigenvalue weighted by Gasteiger charge is 2.16. The minimum Gasteiger partial charge on any atom is -0.384 e. The van der Waals surface area contributed by atoms with Crippen molar-refractivity contribution < 1.29 is 0 Å². The van der Waals surface area contributed by atoms with E-state index in [9.17, 15) is 0 Å². The highest BCUT2D eigenvalue weighted by Crippen LogP contribution is 2.28. The number of aromatic nitrogens is 4. The average Bonchev–Trinajstić information content (AvgIpc) is 3.68. The molecule has 6 rings (SSSR count). The number of nitrogens with two attached hydrogens (primary N) is 2. The molecule has 8 heteroatoms. The van der Waals surface area contributed by atoms with Gasteiger partial charge in [-0.15, -0.1) is 0 Å². The summed E-state index contributed by atoms with van der Waals surface area (Å²) in [5.74, 6) is 1.84. The van der Waals surface area contributed by atoms with E-state index < -0.39 is 0 Å². The molecule has 0 atom stereocenters. The Morgan fingerprint density at radius 1 is 0.523 bits per heavy atom. The Balaban J connectivity index is 1.06. The van der Waals surface area contributed by atoms with Gasteiger partial charge in [0.1, 0.15) is 23.3 Å². The van der Waals surface area contributed by atoms with Gasteiger partial charge in [0.15, 0.2) is 0 Å². The SMILES string of the molecule is N=C(N)c1ccc2nc(-c3ccccc3)[nH]c2c1CCCCCCCCc1c(C(=N)N)ccc2nc(-c3ccccc3)[nH]c12. The second kappa shape index (κ2) is 13.0. The molecule has 0 bridgehead atoms. The highest BCUT2D eigenvalue weighted by atomic mass is 14.9. The van der Waals surface area contributed by atoms with Crippen molar-refractivity contribution in [3.8, 4) is 22.8 Å². The van der Waals surface area contributed by atoms with E-state index in [0.29, 0.717) is 0 Å². The number of hydrogen-bond donors (Lipinski definition) is 6. The smallest absolute Gasteiger partial charge is 0.138 e. The molecule has 44 heavy (non-hydrogen) atoms. The number of nitrogen functional groups attached to an aromatic ring is 2. The molecule has 0 radical (unpaired) electrons. The molecule has 8 N–H and O–H groups in total. The minimum atomic E-state index is 0.0888. The molecular weight excluding hydrogens is 544 g/mol. The number of aryl methyl sites for hydroxylation is 2. The number of nitrogens with zero attached hydrogens (tertiary/aromatic N) is 2. The van der Waals surface area contributed by atoms with Crippen LogP contribution in [-0.2, 0) is 12.8 Å². The monoisotopic (exact) mass is 582 g/mol. The third kappa shape index (κ3) is 6.10. The zero-order valence-corrected chi connectivity index (χ0v) is 24.8. The number of imidazole rings is 2. The molecule has 6 aromatic rings. The third-order valence-electron chi connectivity index (χ3n) is 8.31. The van der Waals surface area contributed by atoms with Gasteiger partial charge in [-0.2, -0.15) is 0 Å². The van der Waals surface area contributed by atoms with Crippen molar-refractivity contribution in [3.05, 3.63) is 107 Å². The van der Waals surface area contributed by atoms with Crippen LogP contribution in [0.1, 0.15) is 60.8 Å². The van der Waals surface area contributed by atoms with E-state index in [1.54, 1.807) is 0 Å². The van der Waals surface area contributed by atoms with E-state index >= 15 is 0 Å². The highest BCUT2D eigenvalue weighted by molar-refractivity contribution is 6.02. The summed E-state index contributed by atoms with van der Waals surface area (Å²) in [6, 6.07) is 27.9. The zero-order chi connectivity index (χ0) is 30.5. The van der Waals surface area contributed by atoms with Crippen LogP contribution in [0.4, 0.5) is 0 Å². The number of H-pyrrole nitrogens is 2. The Kier molecular flexibility index (Phi) is 8.50. The second-order valence-corrected chi connectivity index (χ2v) is 11.3. The predicted molar refractivity (Wildman–Crippen MR) is 180 cm³/mol. The lowest BCUT2D eigenvalue weighted by molar-refractivity contribution is 0.594. The van der Waals surface area contributed by atoms with E-state index in [1.807, 2.05) is 84.9 Å². The van der Waals surface area contributed by atoms with Crippen molar-refractivity contribution in [1.82, 2.24) is 19.9 Å². The predicted octanol–water partition coefficient (Wildman–Crippen LogP) is 7.47. The number of amidine groups is 2. The lowest BCUT2D eigenvalue weighted by atomic mass is 9.97. The summed E-state index contributed by atoms with van der Waals surface area (Å²) in [4.78, 5) is 16.6. The first-order valence-electron chi connectivity index (χ1n) is 15.3. The van der Waals surface area contributed by atoms with Gasteiger partial charge in [-0.25, -0.2) is 9.97 Å². The number of rotatable bonds is 13. The Morgan fingerprint density at radius 2 is 0.909 bits per heavy atom. The van der Waals surface area contributed by atoms with Crippen molar-refractivity contribution in [2.24, 2.45) is 11.5 Å². The van der Waals surface area contributed by atoms with Crippen LogP contribution in [0.15, 0.2) is 84.9 Å². The Labute approximate surface area is 257 Å². The number of aromatic amines is 2. The first-order valence-corrected chi connectivity index (χ1v) is 15.3. The second-order valence-electron chi connectivity index (χ2n) is 11.3. The fraction of sp³-hybridized carbons (Fsp3) is 0.222. The average molecular weight is 583 g/mol. The summed E-state index contributed by atoms with van der Waals surface area (Å²) in [7, 11) is 0. The largest absolute Gasteiger partial charge is 0.384 e. The quantitative estimate of drug-likeness (QED) is 0.0474. The summed E-state index contributed by atoms with van der Waals surface area (Å²) in [6.45, 7) is 0. The van der Waals surface area contributed by atoms with Crippen LogP contribution in [0, 0.1) is 10.8 Å². The normalized spacial score (nSPS) is 11.4. The Morgan fingerprint density at radius 3 is 1.30 bits per heavy atom. The standard InChI is InChI=1S/C36H38N8/c37-33(38)27-19-21-29-31(43-35(41-29)23-13-7-5-8-14-23)25(27)17-11-3-1-2-4-12-18-26-28(34(39)40)20-22-30-32(26)44-36(42-30)24-15-9-6-10-16-24/h5-10,13-16,19-22H,1-4,11-12,17-18H2,(H3,37,38)(H3,39,40)(H,41,43)(H,42,44). The van der Waals surface area contributed by atoms with Crippen LogP contribution in [-0.4, -0.2) is 31.6 Å². The van der Waals surface area contributed by atoms with Crippen molar-refractivity contribution in [2.45, 2.75) is 51.4 Å². The molecule has 0 spiro atoms.